The number of carboxylic acids is 1. The molecule has 1 fully saturated rings. The lowest BCUT2D eigenvalue weighted by molar-refractivity contribution is -0.122. The van der Waals surface area contributed by atoms with Crippen molar-refractivity contribution in [3.05, 3.63) is 77.6 Å². The van der Waals surface area contributed by atoms with E-state index < -0.39 is 17.8 Å². The van der Waals surface area contributed by atoms with E-state index in [4.69, 9.17) is 26.8 Å². The van der Waals surface area contributed by atoms with Gasteiger partial charge in [-0.2, -0.15) is 0 Å². The van der Waals surface area contributed by atoms with Crippen LogP contribution in [-0.4, -0.2) is 46.8 Å². The number of anilines is 1. The summed E-state index contributed by atoms with van der Waals surface area (Å²) < 4.78 is 12.3. The Morgan fingerprint density at radius 3 is 2.44 bits per heavy atom. The van der Waals surface area contributed by atoms with E-state index in [1.165, 1.54) is 37.3 Å². The van der Waals surface area contributed by atoms with Gasteiger partial charge in [-0.25, -0.2) is 9.69 Å². The van der Waals surface area contributed by atoms with Gasteiger partial charge in [0.1, 0.15) is 17.1 Å². The summed E-state index contributed by atoms with van der Waals surface area (Å²) >= 11 is 5.27. The third kappa shape index (κ3) is 4.14. The highest BCUT2D eigenvalue weighted by molar-refractivity contribution is 7.80. The van der Waals surface area contributed by atoms with Crippen molar-refractivity contribution < 1.29 is 29.0 Å². The predicted molar refractivity (Wildman–Crippen MR) is 128 cm³/mol. The number of aromatic nitrogens is 1. The van der Waals surface area contributed by atoms with Crippen LogP contribution in [-0.2, 0) is 9.59 Å². The van der Waals surface area contributed by atoms with Gasteiger partial charge in [-0.05, 0) is 66.8 Å². The van der Waals surface area contributed by atoms with Gasteiger partial charge in [-0.15, -0.1) is 0 Å². The Kier molecular flexibility index (Phi) is 6.15. The quantitative estimate of drug-likeness (QED) is 0.319. The summed E-state index contributed by atoms with van der Waals surface area (Å²) in [4.78, 5) is 38.4. The van der Waals surface area contributed by atoms with Gasteiger partial charge in [0, 0.05) is 23.6 Å². The fourth-order valence-corrected chi connectivity index (χ4v) is 3.78. The molecule has 9 nitrogen and oxygen atoms in total. The fourth-order valence-electron chi connectivity index (χ4n) is 3.51. The lowest BCUT2D eigenvalue weighted by atomic mass is 10.1. The smallest absolute Gasteiger partial charge is 0.335 e. The summed E-state index contributed by atoms with van der Waals surface area (Å²) in [7, 11) is 2.96. The molecule has 172 valence electrons. The lowest BCUT2D eigenvalue weighted by Gasteiger charge is -2.30. The van der Waals surface area contributed by atoms with Gasteiger partial charge in [0.05, 0.1) is 25.5 Å². The molecule has 0 aliphatic carbocycles. The highest BCUT2D eigenvalue weighted by Crippen LogP contribution is 2.34. The summed E-state index contributed by atoms with van der Waals surface area (Å²) in [5.41, 5.74) is 1.57. The number of benzene rings is 2. The zero-order valence-corrected chi connectivity index (χ0v) is 19.0. The van der Waals surface area contributed by atoms with E-state index in [9.17, 15) is 14.4 Å². The maximum Gasteiger partial charge on any atom is 0.335 e. The van der Waals surface area contributed by atoms with Gasteiger partial charge >= 0.3 is 5.97 Å². The second kappa shape index (κ2) is 9.20. The Labute approximate surface area is 199 Å². The zero-order valence-electron chi connectivity index (χ0n) is 18.1. The molecular formula is C24H19N3O6S. The number of methoxy groups -OCH3 is 2. The molecule has 0 atom stereocenters. The highest BCUT2D eigenvalue weighted by Gasteiger charge is 2.36. The topological polar surface area (TPSA) is 110 Å². The van der Waals surface area contributed by atoms with Crippen LogP contribution < -0.4 is 19.7 Å². The van der Waals surface area contributed by atoms with Crippen LogP contribution in [0.5, 0.6) is 11.5 Å². The second-order valence-corrected chi connectivity index (χ2v) is 7.54. The van der Waals surface area contributed by atoms with Crippen molar-refractivity contribution in [1.29, 1.82) is 0 Å². The second-order valence-electron chi connectivity index (χ2n) is 7.15. The fraction of sp³-hybridized carbons (Fsp3) is 0.0833. The first-order chi connectivity index (χ1) is 16.3. The average Bonchev–Trinajstić information content (AvgIpc) is 3.30. The first kappa shape index (κ1) is 22.7. The number of thiocarbonyl (C=S) groups is 1. The SMILES string of the molecule is COc1ccc(N2C(=O)/C(=C/c3cccn3-c3ccc(C(=O)O)cc3)C(=O)NC2=S)c(OC)c1. The van der Waals surface area contributed by atoms with E-state index in [2.05, 4.69) is 5.32 Å². The molecule has 2 amide bonds. The van der Waals surface area contributed by atoms with Crippen LogP contribution in [0.25, 0.3) is 11.8 Å². The monoisotopic (exact) mass is 477 g/mol. The Morgan fingerprint density at radius 1 is 1.06 bits per heavy atom. The molecule has 10 heteroatoms. The summed E-state index contributed by atoms with van der Waals surface area (Å²) in [6.07, 6.45) is 3.19. The van der Waals surface area contributed by atoms with Gasteiger partial charge in [-0.1, -0.05) is 0 Å². The van der Waals surface area contributed by atoms with E-state index in [0.717, 1.165) is 0 Å². The van der Waals surface area contributed by atoms with Crippen LogP contribution in [0.2, 0.25) is 0 Å². The maximum atomic E-state index is 13.4. The van der Waals surface area contributed by atoms with Crippen LogP contribution in [0.1, 0.15) is 16.1 Å². The normalized spacial score (nSPS) is 14.8. The van der Waals surface area contributed by atoms with Crippen LogP contribution in [0.15, 0.2) is 66.4 Å². The number of carbonyl (C=O) groups excluding carboxylic acids is 2. The molecule has 0 unspecified atom stereocenters. The number of amides is 2. The Morgan fingerprint density at radius 2 is 1.79 bits per heavy atom. The molecule has 1 aliphatic rings. The van der Waals surface area contributed by atoms with Crippen molar-refractivity contribution in [2.24, 2.45) is 0 Å². The van der Waals surface area contributed by atoms with Gasteiger partial charge in [-0.3, -0.25) is 14.9 Å². The number of ether oxygens (including phenoxy) is 2. The molecule has 0 bridgehead atoms. The lowest BCUT2D eigenvalue weighted by Crippen LogP contribution is -2.54. The van der Waals surface area contributed by atoms with Crippen LogP contribution in [0.3, 0.4) is 0 Å². The van der Waals surface area contributed by atoms with Crippen LogP contribution in [0, 0.1) is 0 Å². The van der Waals surface area contributed by atoms with E-state index in [0.29, 0.717) is 28.6 Å². The molecule has 4 rings (SSSR count). The average molecular weight is 477 g/mol. The largest absolute Gasteiger partial charge is 0.497 e. The standard InChI is InChI=1S/C24H19N3O6S/c1-32-17-9-10-19(20(13-17)33-2)27-22(29)18(21(28)25-24(27)34)12-16-4-3-11-26(16)15-7-5-14(6-8-15)23(30)31/h3-13H,1-2H3,(H,30,31)(H,25,28,34)/b18-12+. The maximum absolute atomic E-state index is 13.4. The third-order valence-corrected chi connectivity index (χ3v) is 5.48. The highest BCUT2D eigenvalue weighted by atomic mass is 32.1. The van der Waals surface area contributed by atoms with Crippen molar-refractivity contribution in [3.63, 3.8) is 0 Å². The molecule has 1 aromatic heterocycles. The van der Waals surface area contributed by atoms with Crippen molar-refractivity contribution in [1.82, 2.24) is 9.88 Å². The molecule has 2 N–H and O–H groups in total. The van der Waals surface area contributed by atoms with Gasteiger partial charge in [0.2, 0.25) is 0 Å². The van der Waals surface area contributed by atoms with Crippen LogP contribution >= 0.6 is 12.2 Å². The van der Waals surface area contributed by atoms with Gasteiger partial charge in [0.25, 0.3) is 11.8 Å². The number of hydrogen-bond acceptors (Lipinski definition) is 6. The summed E-state index contributed by atoms with van der Waals surface area (Å²) in [6.45, 7) is 0. The van der Waals surface area contributed by atoms with Crippen LogP contribution in [0.4, 0.5) is 5.69 Å². The molecule has 0 saturated carbocycles. The Balaban J connectivity index is 1.73. The first-order valence-electron chi connectivity index (χ1n) is 9.98. The van der Waals surface area contributed by atoms with Gasteiger partial charge < -0.3 is 19.1 Å². The predicted octanol–water partition coefficient (Wildman–Crippen LogP) is 3.02. The van der Waals surface area contributed by atoms with E-state index in [1.807, 2.05) is 0 Å². The summed E-state index contributed by atoms with van der Waals surface area (Å²) in [5, 5.41) is 11.6. The molecule has 2 heterocycles. The summed E-state index contributed by atoms with van der Waals surface area (Å²) in [6, 6.07) is 14.6. The van der Waals surface area contributed by atoms with Crippen molar-refractivity contribution >= 4 is 46.9 Å². The van der Waals surface area contributed by atoms with E-state index in [1.54, 1.807) is 53.2 Å². The molecule has 34 heavy (non-hydrogen) atoms. The minimum Gasteiger partial charge on any atom is -0.497 e. The number of nitrogens with one attached hydrogen (secondary N) is 1. The van der Waals surface area contributed by atoms with Crippen molar-refractivity contribution in [2.75, 3.05) is 19.1 Å². The Hall–Kier alpha value is -4.44. The minimum atomic E-state index is -1.03. The number of nitrogens with zero attached hydrogens (tertiary/aromatic N) is 2. The third-order valence-electron chi connectivity index (χ3n) is 5.19. The minimum absolute atomic E-state index is 0.0738. The number of carbonyl (C=O) groups is 3. The van der Waals surface area contributed by atoms with E-state index in [-0.39, 0.29) is 16.2 Å². The first-order valence-corrected chi connectivity index (χ1v) is 10.4. The summed E-state index contributed by atoms with van der Waals surface area (Å²) in [5.74, 6) is -1.41. The molecular weight excluding hydrogens is 458 g/mol. The molecule has 1 aliphatic heterocycles. The zero-order chi connectivity index (χ0) is 24.4. The van der Waals surface area contributed by atoms with Crippen molar-refractivity contribution in [2.45, 2.75) is 0 Å². The molecule has 0 spiro atoms. The van der Waals surface area contributed by atoms with E-state index >= 15 is 0 Å². The molecule has 1 saturated heterocycles. The molecule has 0 radical (unpaired) electrons. The molecule has 2 aromatic carbocycles. The number of rotatable bonds is 6. The van der Waals surface area contributed by atoms with Gasteiger partial charge in [0.15, 0.2) is 5.11 Å². The number of hydrogen-bond donors (Lipinski definition) is 2. The van der Waals surface area contributed by atoms with Crippen molar-refractivity contribution in [3.8, 4) is 17.2 Å². The Bertz CT molecular complexity index is 1340. The number of carboxylic acid groups (broad SMARTS) is 1. The number of aromatic carboxylic acids is 1. The molecule has 3 aromatic rings.